The molecule has 1 heterocycles. The van der Waals surface area contributed by atoms with Gasteiger partial charge in [-0.05, 0) is 0 Å². The van der Waals surface area contributed by atoms with E-state index < -0.39 is 30.0 Å². The number of halogens is 1. The van der Waals surface area contributed by atoms with Crippen LogP contribution in [-0.2, 0) is 17.8 Å². The van der Waals surface area contributed by atoms with E-state index in [2.05, 4.69) is 0 Å². The molecule has 0 atom stereocenters. The van der Waals surface area contributed by atoms with Gasteiger partial charge in [-0.3, -0.25) is 0 Å². The molecule has 0 bridgehead atoms. The molecule has 1 aliphatic heterocycles. The molecule has 0 fully saturated rings. The number of fused-ring (bicyclic) bond motifs is 1. The summed E-state index contributed by atoms with van der Waals surface area (Å²) in [6.07, 6.45) is 1.81. The Bertz CT molecular complexity index is 806. The van der Waals surface area contributed by atoms with Crippen LogP contribution in [-0.4, -0.2) is 45.2 Å². The molecule has 0 unspecified atom stereocenters. The first-order chi connectivity index (χ1) is 11.1. The number of methoxy groups -OCH3 is 1. The molecule has 0 radical (unpaired) electrons. The first-order valence-corrected chi connectivity index (χ1v) is 11.9. The third-order valence-electron chi connectivity index (χ3n) is 3.30. The van der Waals surface area contributed by atoms with E-state index in [1.54, 1.807) is 24.3 Å². The first-order valence-electron chi connectivity index (χ1n) is 7.36. The standard InChI is InChI=1S/C16H21FO5STe/c1-6-21-13-10-15(16(2,3)4)24(22-23(17,18)19)14-9-11(20-5)7-8-12(13)14/h7-10H,6H2,1-5H3. The van der Waals surface area contributed by atoms with Gasteiger partial charge in [0.1, 0.15) is 0 Å². The molecule has 5 nitrogen and oxygen atoms in total. The molecule has 0 saturated heterocycles. The van der Waals surface area contributed by atoms with Crippen LogP contribution >= 0.6 is 0 Å². The molecule has 2 rings (SSSR count). The number of rotatable bonds is 5. The van der Waals surface area contributed by atoms with Crippen LogP contribution in [0.25, 0.3) is 5.76 Å². The second-order valence-electron chi connectivity index (χ2n) is 6.15. The summed E-state index contributed by atoms with van der Waals surface area (Å²) < 4.78 is 53.1. The van der Waals surface area contributed by atoms with Crippen LogP contribution in [0.3, 0.4) is 0 Å². The quantitative estimate of drug-likeness (QED) is 0.487. The minimum atomic E-state index is -5.07. The monoisotopic (exact) mass is 474 g/mol. The van der Waals surface area contributed by atoms with Crippen molar-refractivity contribution in [2.45, 2.75) is 27.7 Å². The van der Waals surface area contributed by atoms with Crippen LogP contribution in [0.2, 0.25) is 0 Å². The molecular formula is C16H21FO5STe. The van der Waals surface area contributed by atoms with Gasteiger partial charge < -0.3 is 0 Å². The molecule has 0 N–H and O–H groups in total. The number of benzene rings is 1. The van der Waals surface area contributed by atoms with E-state index in [1.165, 1.54) is 7.11 Å². The second kappa shape index (κ2) is 7.12. The summed E-state index contributed by atoms with van der Waals surface area (Å²) in [7, 11) is -3.55. The number of hydrogen-bond donors (Lipinski definition) is 0. The third-order valence-corrected chi connectivity index (χ3v) is 11.5. The van der Waals surface area contributed by atoms with Crippen molar-refractivity contribution in [1.82, 2.24) is 0 Å². The minimum absolute atomic E-state index is 0.384. The molecule has 0 aromatic heterocycles. The fourth-order valence-corrected chi connectivity index (χ4v) is 9.80. The summed E-state index contributed by atoms with van der Waals surface area (Å²) in [5, 5.41) is 0. The normalized spacial score (nSPS) is 15.8. The van der Waals surface area contributed by atoms with Crippen molar-refractivity contribution in [1.29, 1.82) is 0 Å². The van der Waals surface area contributed by atoms with Gasteiger partial charge in [0.25, 0.3) is 0 Å². The predicted molar refractivity (Wildman–Crippen MR) is 93.6 cm³/mol. The van der Waals surface area contributed by atoms with E-state index in [4.69, 9.17) is 12.0 Å². The Morgan fingerprint density at radius 3 is 2.42 bits per heavy atom. The topological polar surface area (TPSA) is 61.8 Å². The molecule has 1 aromatic carbocycles. The van der Waals surface area contributed by atoms with Gasteiger partial charge in [0.05, 0.1) is 0 Å². The Labute approximate surface area is 149 Å². The summed E-state index contributed by atoms with van der Waals surface area (Å²) in [5.41, 5.74) is 0.343. The molecule has 1 aromatic rings. The summed E-state index contributed by atoms with van der Waals surface area (Å²) in [4.78, 5) is 0. The van der Waals surface area contributed by atoms with Crippen LogP contribution in [0.15, 0.2) is 24.3 Å². The maximum absolute atomic E-state index is 13.4. The Balaban J connectivity index is 2.80. The molecule has 1 aliphatic rings. The van der Waals surface area contributed by atoms with Crippen molar-refractivity contribution in [3.05, 3.63) is 29.8 Å². The summed E-state index contributed by atoms with van der Waals surface area (Å²) >= 11 is -3.16. The zero-order chi connectivity index (χ0) is 18.1. The molecule has 0 spiro atoms. The van der Waals surface area contributed by atoms with Crippen molar-refractivity contribution < 1.29 is 24.3 Å². The Hall–Kier alpha value is -0.940. The van der Waals surface area contributed by atoms with Crippen molar-refractivity contribution in [3.8, 4) is 5.75 Å². The van der Waals surface area contributed by atoms with Crippen molar-refractivity contribution >= 4 is 42.9 Å². The van der Waals surface area contributed by atoms with Gasteiger partial charge in [0, 0.05) is 0 Å². The average Bonchev–Trinajstić information content (AvgIpc) is 2.46. The number of hydrogen-bond acceptors (Lipinski definition) is 5. The van der Waals surface area contributed by atoms with Crippen LogP contribution in [0.5, 0.6) is 5.75 Å². The van der Waals surface area contributed by atoms with E-state index in [0.29, 0.717) is 21.7 Å². The fraction of sp³-hybridized carbons (Fsp3) is 0.438. The molecule has 134 valence electrons. The zero-order valence-electron chi connectivity index (χ0n) is 14.3. The molecule has 0 amide bonds. The summed E-state index contributed by atoms with van der Waals surface area (Å²) in [5.74, 6) is 1.20. The van der Waals surface area contributed by atoms with Crippen molar-refractivity contribution in [3.63, 3.8) is 0 Å². The van der Waals surface area contributed by atoms with Gasteiger partial charge in [-0.25, -0.2) is 0 Å². The Kier molecular flexibility index (Phi) is 5.75. The van der Waals surface area contributed by atoms with Crippen molar-refractivity contribution in [2.24, 2.45) is 5.41 Å². The Morgan fingerprint density at radius 2 is 1.92 bits per heavy atom. The average molecular weight is 472 g/mol. The van der Waals surface area contributed by atoms with Gasteiger partial charge in [0.15, 0.2) is 0 Å². The number of allylic oxidation sites excluding steroid dienone is 1. The zero-order valence-corrected chi connectivity index (χ0v) is 17.4. The van der Waals surface area contributed by atoms with Crippen LogP contribution in [0.1, 0.15) is 33.3 Å². The maximum atomic E-state index is 13.4. The van der Waals surface area contributed by atoms with E-state index >= 15 is 0 Å². The SMILES string of the molecule is CCOC1=CC(C(C)(C)C)=[Te](OS(=O)(=O)F)c2cc(OC)ccc21. The van der Waals surface area contributed by atoms with Gasteiger partial charge in [-0.2, -0.15) is 0 Å². The Morgan fingerprint density at radius 1 is 1.25 bits per heavy atom. The fourth-order valence-electron chi connectivity index (χ4n) is 2.28. The van der Waals surface area contributed by atoms with E-state index in [-0.39, 0.29) is 5.41 Å². The predicted octanol–water partition coefficient (Wildman–Crippen LogP) is 2.32. The van der Waals surface area contributed by atoms with Crippen LogP contribution in [0, 0.1) is 5.41 Å². The van der Waals surface area contributed by atoms with E-state index in [9.17, 15) is 12.3 Å². The third kappa shape index (κ3) is 4.37. The molecule has 24 heavy (non-hydrogen) atoms. The second-order valence-corrected chi connectivity index (χ2v) is 12.3. The molecular weight excluding hydrogens is 451 g/mol. The van der Waals surface area contributed by atoms with Gasteiger partial charge in [-0.1, -0.05) is 0 Å². The molecule has 0 saturated carbocycles. The van der Waals surface area contributed by atoms with Gasteiger partial charge in [-0.15, -0.1) is 0 Å². The van der Waals surface area contributed by atoms with Crippen LogP contribution in [0.4, 0.5) is 3.89 Å². The molecule has 8 heteroatoms. The van der Waals surface area contributed by atoms with E-state index in [0.717, 1.165) is 9.11 Å². The molecule has 0 aliphatic carbocycles. The van der Waals surface area contributed by atoms with Crippen LogP contribution < -0.4 is 8.35 Å². The first kappa shape index (κ1) is 19.4. The summed E-state index contributed by atoms with van der Waals surface area (Å²) in [6.45, 7) is 8.16. The van der Waals surface area contributed by atoms with E-state index in [1.807, 2.05) is 27.7 Å². The van der Waals surface area contributed by atoms with Gasteiger partial charge >= 0.3 is 150 Å². The number of ether oxygens (including phenoxy) is 2. The van der Waals surface area contributed by atoms with Crippen molar-refractivity contribution in [2.75, 3.05) is 13.7 Å². The summed E-state index contributed by atoms with van der Waals surface area (Å²) in [6, 6.07) is 5.26. The van der Waals surface area contributed by atoms with Gasteiger partial charge in [0.2, 0.25) is 0 Å².